The van der Waals surface area contributed by atoms with Crippen LogP contribution in [0.1, 0.15) is 46.2 Å². The summed E-state index contributed by atoms with van der Waals surface area (Å²) >= 11 is 0. The fourth-order valence-electron chi connectivity index (χ4n) is 3.68. The summed E-state index contributed by atoms with van der Waals surface area (Å²) in [6.45, 7) is 4.19. The van der Waals surface area contributed by atoms with Crippen LogP contribution in [0, 0.1) is 18.8 Å². The van der Waals surface area contributed by atoms with Crippen molar-refractivity contribution in [2.75, 3.05) is 6.54 Å². The fourth-order valence-corrected chi connectivity index (χ4v) is 3.68. The second-order valence-electron chi connectivity index (χ2n) is 7.40. The number of fused-ring (bicyclic) bond motifs is 1. The van der Waals surface area contributed by atoms with E-state index in [0.717, 1.165) is 41.3 Å². The number of hydrogen-bond acceptors (Lipinski definition) is 2. The zero-order valence-electron chi connectivity index (χ0n) is 15.1. The lowest BCUT2D eigenvalue weighted by Crippen LogP contribution is -2.32. The summed E-state index contributed by atoms with van der Waals surface area (Å²) in [7, 11) is 0. The maximum atomic E-state index is 10.9. The number of carboxylic acids is 1. The largest absolute Gasteiger partial charge is 0.481 e. The topological polar surface area (TPSA) is 40.5 Å². The van der Waals surface area contributed by atoms with Crippen LogP contribution in [0.25, 0.3) is 0 Å². The van der Waals surface area contributed by atoms with Crippen molar-refractivity contribution in [3.8, 4) is 11.8 Å². The van der Waals surface area contributed by atoms with Crippen molar-refractivity contribution in [2.24, 2.45) is 0 Å². The van der Waals surface area contributed by atoms with E-state index in [-0.39, 0.29) is 6.42 Å². The predicted molar refractivity (Wildman–Crippen MR) is 102 cm³/mol. The van der Waals surface area contributed by atoms with Crippen LogP contribution in [0.5, 0.6) is 0 Å². The van der Waals surface area contributed by atoms with Crippen LogP contribution < -0.4 is 0 Å². The molecule has 132 valence electrons. The summed E-state index contributed by atoms with van der Waals surface area (Å²) in [5.74, 6) is 5.68. The summed E-state index contributed by atoms with van der Waals surface area (Å²) in [6.07, 6.45) is 3.90. The van der Waals surface area contributed by atoms with Gasteiger partial charge < -0.3 is 5.11 Å². The first-order chi connectivity index (χ1) is 12.6. The second kappa shape index (κ2) is 6.97. The number of nitrogens with zero attached hydrogens (tertiary/aromatic N) is 1. The van der Waals surface area contributed by atoms with Gasteiger partial charge in [-0.05, 0) is 72.7 Å². The van der Waals surface area contributed by atoms with Crippen LogP contribution in [0.15, 0.2) is 36.4 Å². The Labute approximate surface area is 154 Å². The monoisotopic (exact) mass is 345 g/mol. The molecule has 0 atom stereocenters. The maximum Gasteiger partial charge on any atom is 0.307 e. The van der Waals surface area contributed by atoms with Crippen LogP contribution in [0.3, 0.4) is 0 Å². The summed E-state index contributed by atoms with van der Waals surface area (Å²) in [6, 6.07) is 13.2. The van der Waals surface area contributed by atoms with E-state index in [2.05, 4.69) is 34.9 Å². The highest BCUT2D eigenvalue weighted by Crippen LogP contribution is 2.31. The molecule has 0 saturated heterocycles. The molecular weight excluding hydrogens is 322 g/mol. The second-order valence-corrected chi connectivity index (χ2v) is 7.40. The average Bonchev–Trinajstić information content (AvgIpc) is 3.46. The summed E-state index contributed by atoms with van der Waals surface area (Å²) < 4.78 is 0. The molecule has 2 aromatic carbocycles. The number of carboxylic acid groups (broad SMARTS) is 1. The molecular formula is C23H23NO2. The minimum absolute atomic E-state index is 0.0578. The molecule has 1 aliphatic carbocycles. The molecule has 0 radical (unpaired) electrons. The SMILES string of the molecule is Cc1cc(C#Cc2ccc3c(c2)CCN(C2CC2)C3)ccc1CC(=O)O. The van der Waals surface area contributed by atoms with Crippen molar-refractivity contribution in [3.63, 3.8) is 0 Å². The van der Waals surface area contributed by atoms with Crippen LogP contribution in [-0.2, 0) is 24.2 Å². The molecule has 1 N–H and O–H groups in total. The molecule has 0 unspecified atom stereocenters. The van der Waals surface area contributed by atoms with E-state index in [1.165, 1.54) is 30.5 Å². The van der Waals surface area contributed by atoms with Crippen molar-refractivity contribution in [1.29, 1.82) is 0 Å². The minimum atomic E-state index is -0.804. The van der Waals surface area contributed by atoms with Gasteiger partial charge in [0.05, 0.1) is 6.42 Å². The van der Waals surface area contributed by atoms with Gasteiger partial charge in [0.15, 0.2) is 0 Å². The Bertz CT molecular complexity index is 916. The molecule has 0 aromatic heterocycles. The van der Waals surface area contributed by atoms with Gasteiger partial charge in [0.1, 0.15) is 0 Å². The zero-order chi connectivity index (χ0) is 18.1. The van der Waals surface area contributed by atoms with E-state index < -0.39 is 5.97 Å². The van der Waals surface area contributed by atoms with Gasteiger partial charge in [-0.25, -0.2) is 0 Å². The molecule has 2 aromatic rings. The quantitative estimate of drug-likeness (QED) is 0.865. The van der Waals surface area contributed by atoms with E-state index in [1.54, 1.807) is 0 Å². The third-order valence-electron chi connectivity index (χ3n) is 5.35. The number of benzene rings is 2. The molecule has 1 fully saturated rings. The van der Waals surface area contributed by atoms with Crippen LogP contribution in [0.4, 0.5) is 0 Å². The van der Waals surface area contributed by atoms with Crippen molar-refractivity contribution in [1.82, 2.24) is 4.90 Å². The van der Waals surface area contributed by atoms with Crippen LogP contribution in [0.2, 0.25) is 0 Å². The van der Waals surface area contributed by atoms with Gasteiger partial charge in [-0.3, -0.25) is 9.69 Å². The van der Waals surface area contributed by atoms with Gasteiger partial charge >= 0.3 is 5.97 Å². The molecule has 0 bridgehead atoms. The van der Waals surface area contributed by atoms with Crippen molar-refractivity contribution in [2.45, 2.75) is 45.2 Å². The van der Waals surface area contributed by atoms with Crippen molar-refractivity contribution >= 4 is 5.97 Å². The first kappa shape index (κ1) is 16.9. The Balaban J connectivity index is 1.50. The van der Waals surface area contributed by atoms with Gasteiger partial charge in [-0.2, -0.15) is 0 Å². The number of carbonyl (C=O) groups is 1. The molecule has 1 aliphatic heterocycles. The van der Waals surface area contributed by atoms with E-state index >= 15 is 0 Å². The standard InChI is InChI=1S/C23H23NO2/c1-16-12-17(4-6-19(16)14-23(25)26)2-3-18-5-7-21-15-24(22-8-9-22)11-10-20(21)13-18/h4-7,12-13,22H,8-11,14-15H2,1H3,(H,25,26). The molecule has 26 heavy (non-hydrogen) atoms. The maximum absolute atomic E-state index is 10.9. The summed E-state index contributed by atoms with van der Waals surface area (Å²) in [4.78, 5) is 13.5. The highest BCUT2D eigenvalue weighted by Gasteiger charge is 2.30. The number of aryl methyl sites for hydroxylation is 1. The first-order valence-corrected chi connectivity index (χ1v) is 9.28. The molecule has 3 nitrogen and oxygen atoms in total. The third kappa shape index (κ3) is 3.81. The zero-order valence-corrected chi connectivity index (χ0v) is 15.1. The van der Waals surface area contributed by atoms with E-state index in [0.29, 0.717) is 0 Å². The van der Waals surface area contributed by atoms with Crippen molar-refractivity contribution < 1.29 is 9.90 Å². The van der Waals surface area contributed by atoms with E-state index in [1.807, 2.05) is 25.1 Å². The minimum Gasteiger partial charge on any atom is -0.481 e. The van der Waals surface area contributed by atoms with E-state index in [4.69, 9.17) is 5.11 Å². The van der Waals surface area contributed by atoms with Gasteiger partial charge in [0.2, 0.25) is 0 Å². The van der Waals surface area contributed by atoms with Gasteiger partial charge in [-0.1, -0.05) is 24.0 Å². The number of aliphatic carboxylic acids is 1. The third-order valence-corrected chi connectivity index (χ3v) is 5.35. The Hall–Kier alpha value is -2.57. The average molecular weight is 345 g/mol. The lowest BCUT2D eigenvalue weighted by atomic mass is 9.97. The van der Waals surface area contributed by atoms with Gasteiger partial charge in [-0.15, -0.1) is 0 Å². The molecule has 1 heterocycles. The lowest BCUT2D eigenvalue weighted by molar-refractivity contribution is -0.136. The molecule has 0 spiro atoms. The van der Waals surface area contributed by atoms with Crippen LogP contribution >= 0.6 is 0 Å². The smallest absolute Gasteiger partial charge is 0.307 e. The van der Waals surface area contributed by atoms with Gasteiger partial charge in [0, 0.05) is 30.3 Å². The Kier molecular flexibility index (Phi) is 4.53. The number of hydrogen-bond donors (Lipinski definition) is 1. The molecule has 2 aliphatic rings. The fraction of sp³-hybridized carbons (Fsp3) is 0.348. The summed E-state index contributed by atoms with van der Waals surface area (Å²) in [5, 5.41) is 8.93. The summed E-state index contributed by atoms with van der Waals surface area (Å²) in [5.41, 5.74) is 6.68. The highest BCUT2D eigenvalue weighted by molar-refractivity contribution is 5.70. The van der Waals surface area contributed by atoms with Crippen LogP contribution in [-0.4, -0.2) is 28.6 Å². The molecule has 4 rings (SSSR count). The van der Waals surface area contributed by atoms with Gasteiger partial charge in [0.25, 0.3) is 0 Å². The lowest BCUT2D eigenvalue weighted by Gasteiger charge is -2.28. The Morgan fingerprint density at radius 1 is 1.12 bits per heavy atom. The predicted octanol–water partition coefficient (Wildman–Crippen LogP) is 3.54. The normalized spacial score (nSPS) is 16.5. The Morgan fingerprint density at radius 2 is 1.85 bits per heavy atom. The van der Waals surface area contributed by atoms with Crippen molar-refractivity contribution in [3.05, 3.63) is 69.8 Å². The van der Waals surface area contributed by atoms with E-state index in [9.17, 15) is 4.79 Å². The Morgan fingerprint density at radius 3 is 2.54 bits per heavy atom. The number of rotatable bonds is 3. The highest BCUT2D eigenvalue weighted by atomic mass is 16.4. The molecule has 3 heteroatoms. The molecule has 1 saturated carbocycles. The first-order valence-electron chi connectivity index (χ1n) is 9.28. The molecule has 0 amide bonds.